The van der Waals surface area contributed by atoms with E-state index in [1.807, 2.05) is 74.5 Å². The number of hydrazone groups is 1. The summed E-state index contributed by atoms with van der Waals surface area (Å²) in [5.41, 5.74) is 4.79. The first-order valence-electron chi connectivity index (χ1n) is 12.5. The van der Waals surface area contributed by atoms with E-state index in [-0.39, 0.29) is 11.8 Å². The van der Waals surface area contributed by atoms with Gasteiger partial charge in [0.05, 0.1) is 13.3 Å². The number of hydrogen-bond donors (Lipinski definition) is 2. The topological polar surface area (TPSA) is 89.0 Å². The van der Waals surface area contributed by atoms with Crippen LogP contribution in [0.15, 0.2) is 94.5 Å². The monoisotopic (exact) mass is 587 g/mol. The number of nitrogens with one attached hydrogen (secondary N) is 2. The summed E-state index contributed by atoms with van der Waals surface area (Å²) >= 11 is 3.45. The van der Waals surface area contributed by atoms with E-state index >= 15 is 0 Å². The van der Waals surface area contributed by atoms with Crippen LogP contribution in [0.4, 0.5) is 0 Å². The van der Waals surface area contributed by atoms with Gasteiger partial charge in [-0.05, 0) is 64.7 Å². The molecular weight excluding hydrogens is 558 g/mol. The van der Waals surface area contributed by atoms with Gasteiger partial charge in [0.15, 0.2) is 0 Å². The molecule has 4 rings (SSSR count). The van der Waals surface area contributed by atoms with Crippen LogP contribution in [0.5, 0.6) is 11.5 Å². The molecule has 2 N–H and O–H groups in total. The lowest BCUT2D eigenvalue weighted by Gasteiger charge is -2.20. The number of ether oxygens (including phenoxy) is 2. The molecule has 39 heavy (non-hydrogen) atoms. The Morgan fingerprint density at radius 1 is 0.949 bits per heavy atom. The van der Waals surface area contributed by atoms with Crippen molar-refractivity contribution >= 4 is 44.7 Å². The van der Waals surface area contributed by atoms with Crippen molar-refractivity contribution in [3.05, 3.63) is 106 Å². The molecule has 0 bridgehead atoms. The van der Waals surface area contributed by atoms with Gasteiger partial charge in [0.2, 0.25) is 0 Å². The Bertz CT molecular complexity index is 1470. The SMILES string of the molecule is COc1ccc(C(=O)NC(C(=O)NN=Cc2c(OCc3ccc(Br)cc3)ccc3ccccc23)C(C)C)cc1. The molecule has 7 nitrogen and oxygen atoms in total. The summed E-state index contributed by atoms with van der Waals surface area (Å²) in [5, 5.41) is 9.02. The predicted molar refractivity (Wildman–Crippen MR) is 157 cm³/mol. The van der Waals surface area contributed by atoms with E-state index in [0.717, 1.165) is 26.4 Å². The van der Waals surface area contributed by atoms with Crippen molar-refractivity contribution in [3.8, 4) is 11.5 Å². The fraction of sp³-hybridized carbons (Fsp3) is 0.194. The van der Waals surface area contributed by atoms with Crippen LogP contribution in [-0.4, -0.2) is 31.2 Å². The van der Waals surface area contributed by atoms with E-state index in [0.29, 0.717) is 23.7 Å². The Morgan fingerprint density at radius 3 is 2.36 bits per heavy atom. The van der Waals surface area contributed by atoms with Crippen LogP contribution in [-0.2, 0) is 11.4 Å². The maximum Gasteiger partial charge on any atom is 0.262 e. The molecule has 0 aliphatic rings. The number of fused-ring (bicyclic) bond motifs is 1. The Morgan fingerprint density at radius 2 is 1.67 bits per heavy atom. The fourth-order valence-electron chi connectivity index (χ4n) is 4.01. The number of rotatable bonds is 10. The molecular formula is C31H30BrN3O4. The standard InChI is InChI=1S/C31H30BrN3O4/c1-20(2)29(34-30(36)23-10-15-25(38-3)16-11-23)31(37)35-33-18-27-26-7-5-4-6-22(26)12-17-28(27)39-19-21-8-13-24(32)14-9-21/h4-18,20,29H,19H2,1-3H3,(H,34,36)(H,35,37). The first kappa shape index (κ1) is 27.9. The van der Waals surface area contributed by atoms with Gasteiger partial charge in [-0.15, -0.1) is 0 Å². The van der Waals surface area contributed by atoms with E-state index in [4.69, 9.17) is 9.47 Å². The number of hydrogen-bond acceptors (Lipinski definition) is 5. The molecule has 8 heteroatoms. The molecule has 0 spiro atoms. The average molecular weight is 589 g/mol. The van der Waals surface area contributed by atoms with Crippen LogP contribution in [0, 0.1) is 5.92 Å². The van der Waals surface area contributed by atoms with Crippen molar-refractivity contribution in [2.45, 2.75) is 26.5 Å². The molecule has 0 aromatic heterocycles. The van der Waals surface area contributed by atoms with Gasteiger partial charge in [0.25, 0.3) is 11.8 Å². The third-order valence-electron chi connectivity index (χ3n) is 6.19. The molecule has 0 heterocycles. The smallest absolute Gasteiger partial charge is 0.262 e. The summed E-state index contributed by atoms with van der Waals surface area (Å²) in [4.78, 5) is 25.8. The van der Waals surface area contributed by atoms with Gasteiger partial charge in [0, 0.05) is 15.6 Å². The Kier molecular flexibility index (Phi) is 9.33. The predicted octanol–water partition coefficient (Wildman–Crippen LogP) is 6.09. The highest BCUT2D eigenvalue weighted by Crippen LogP contribution is 2.27. The van der Waals surface area contributed by atoms with Crippen molar-refractivity contribution in [2.75, 3.05) is 7.11 Å². The lowest BCUT2D eigenvalue weighted by molar-refractivity contribution is -0.123. The zero-order chi connectivity index (χ0) is 27.8. The minimum atomic E-state index is -0.780. The Labute approximate surface area is 236 Å². The quantitative estimate of drug-likeness (QED) is 0.173. The third-order valence-corrected chi connectivity index (χ3v) is 6.72. The number of halogens is 1. The molecule has 1 unspecified atom stereocenters. The van der Waals surface area contributed by atoms with Crippen LogP contribution in [0.3, 0.4) is 0 Å². The largest absolute Gasteiger partial charge is 0.497 e. The first-order valence-corrected chi connectivity index (χ1v) is 13.3. The zero-order valence-corrected chi connectivity index (χ0v) is 23.6. The molecule has 0 aliphatic heterocycles. The average Bonchev–Trinajstić information content (AvgIpc) is 2.95. The number of carbonyl (C=O) groups is 2. The van der Waals surface area contributed by atoms with Gasteiger partial charge in [-0.25, -0.2) is 5.43 Å². The third kappa shape index (κ3) is 7.23. The van der Waals surface area contributed by atoms with E-state index in [9.17, 15) is 9.59 Å². The number of methoxy groups -OCH3 is 1. The van der Waals surface area contributed by atoms with Crippen molar-refractivity contribution in [1.29, 1.82) is 0 Å². The summed E-state index contributed by atoms with van der Waals surface area (Å²) in [6.07, 6.45) is 1.58. The number of benzene rings is 4. The van der Waals surface area contributed by atoms with Crippen molar-refractivity contribution < 1.29 is 19.1 Å². The van der Waals surface area contributed by atoms with Gasteiger partial charge in [-0.2, -0.15) is 5.10 Å². The molecule has 4 aromatic rings. The summed E-state index contributed by atoms with van der Waals surface area (Å²) in [7, 11) is 1.56. The van der Waals surface area contributed by atoms with Gasteiger partial charge < -0.3 is 14.8 Å². The normalized spacial score (nSPS) is 11.9. The number of amides is 2. The summed E-state index contributed by atoms with van der Waals surface area (Å²) < 4.78 is 12.3. The second kappa shape index (κ2) is 13.1. The minimum absolute atomic E-state index is 0.162. The maximum atomic E-state index is 13.0. The van der Waals surface area contributed by atoms with Crippen LogP contribution in [0.2, 0.25) is 0 Å². The number of nitrogens with zero attached hydrogens (tertiary/aromatic N) is 1. The van der Waals surface area contributed by atoms with Gasteiger partial charge >= 0.3 is 0 Å². The second-order valence-corrected chi connectivity index (χ2v) is 10.2. The van der Waals surface area contributed by atoms with E-state index < -0.39 is 11.9 Å². The highest BCUT2D eigenvalue weighted by atomic mass is 79.9. The molecule has 2 amide bonds. The minimum Gasteiger partial charge on any atom is -0.497 e. The molecule has 200 valence electrons. The summed E-state index contributed by atoms with van der Waals surface area (Å²) in [6, 6.07) is 25.6. The molecule has 1 atom stereocenters. The van der Waals surface area contributed by atoms with Crippen molar-refractivity contribution in [2.24, 2.45) is 11.0 Å². The molecule has 4 aromatic carbocycles. The second-order valence-electron chi connectivity index (χ2n) is 9.27. The van der Waals surface area contributed by atoms with Gasteiger partial charge in [-0.1, -0.05) is 72.2 Å². The number of carbonyl (C=O) groups excluding carboxylic acids is 2. The molecule has 0 fully saturated rings. The van der Waals surface area contributed by atoms with E-state index in [2.05, 4.69) is 31.8 Å². The highest BCUT2D eigenvalue weighted by molar-refractivity contribution is 9.10. The zero-order valence-electron chi connectivity index (χ0n) is 22.0. The van der Waals surface area contributed by atoms with Crippen molar-refractivity contribution in [3.63, 3.8) is 0 Å². The lowest BCUT2D eigenvalue weighted by atomic mass is 10.0. The van der Waals surface area contributed by atoms with Gasteiger partial charge in [0.1, 0.15) is 24.1 Å². The van der Waals surface area contributed by atoms with Crippen LogP contribution < -0.4 is 20.2 Å². The molecule has 0 saturated heterocycles. The summed E-state index contributed by atoms with van der Waals surface area (Å²) in [5.74, 6) is 0.356. The van der Waals surface area contributed by atoms with E-state index in [1.54, 1.807) is 37.6 Å². The molecule has 0 aliphatic carbocycles. The Hall–Kier alpha value is -4.17. The highest BCUT2D eigenvalue weighted by Gasteiger charge is 2.24. The summed E-state index contributed by atoms with van der Waals surface area (Å²) in [6.45, 7) is 4.10. The lowest BCUT2D eigenvalue weighted by Crippen LogP contribution is -2.48. The maximum absolute atomic E-state index is 13.0. The molecule has 0 radical (unpaired) electrons. The fourth-order valence-corrected chi connectivity index (χ4v) is 4.27. The van der Waals surface area contributed by atoms with Crippen LogP contribution in [0.25, 0.3) is 10.8 Å². The van der Waals surface area contributed by atoms with Crippen LogP contribution >= 0.6 is 15.9 Å². The van der Waals surface area contributed by atoms with Crippen molar-refractivity contribution in [1.82, 2.24) is 10.7 Å². The van der Waals surface area contributed by atoms with Crippen LogP contribution in [0.1, 0.15) is 35.3 Å². The van der Waals surface area contributed by atoms with E-state index in [1.165, 1.54) is 0 Å². The Balaban J connectivity index is 1.49. The molecule has 0 saturated carbocycles. The van der Waals surface area contributed by atoms with Gasteiger partial charge in [-0.3, -0.25) is 9.59 Å². The first-order chi connectivity index (χ1) is 18.9.